The standard InChI is InChI=1S/2C6H11NO2.H2O/c2*1(5-3-8-5)7-2-6-4-9-6;/h2*5-7H,1-4H2;1H2. The number of rotatable bonds is 8. The first kappa shape index (κ1) is 15.1. The van der Waals surface area contributed by atoms with Gasteiger partial charge in [-0.1, -0.05) is 0 Å². The van der Waals surface area contributed by atoms with E-state index in [4.69, 9.17) is 18.9 Å². The van der Waals surface area contributed by atoms with Crippen LogP contribution in [0.25, 0.3) is 0 Å². The molecule has 4 heterocycles. The topological polar surface area (TPSA) is 106 Å². The molecule has 0 saturated carbocycles. The quantitative estimate of drug-likeness (QED) is 0.493. The molecule has 4 rings (SSSR count). The zero-order chi connectivity index (χ0) is 12.2. The molecular weight excluding hydrogens is 252 g/mol. The monoisotopic (exact) mass is 276 g/mol. The van der Waals surface area contributed by atoms with Gasteiger partial charge in [0.2, 0.25) is 0 Å². The van der Waals surface area contributed by atoms with Crippen molar-refractivity contribution < 1.29 is 24.4 Å². The zero-order valence-corrected chi connectivity index (χ0v) is 11.1. The average Bonchev–Trinajstić information content (AvgIpc) is 3.21. The Kier molecular flexibility index (Phi) is 5.96. The zero-order valence-electron chi connectivity index (χ0n) is 11.1. The van der Waals surface area contributed by atoms with Crippen LogP contribution in [0, 0.1) is 0 Å². The summed E-state index contributed by atoms with van der Waals surface area (Å²) in [5.74, 6) is 0. The summed E-state index contributed by atoms with van der Waals surface area (Å²) < 4.78 is 20.0. The Labute approximate surface area is 113 Å². The van der Waals surface area contributed by atoms with Crippen LogP contribution < -0.4 is 10.6 Å². The molecule has 7 nitrogen and oxygen atoms in total. The molecule has 4 unspecified atom stereocenters. The fraction of sp³-hybridized carbons (Fsp3) is 1.00. The van der Waals surface area contributed by atoms with E-state index in [1.165, 1.54) is 0 Å². The van der Waals surface area contributed by atoms with Gasteiger partial charge in [0.1, 0.15) is 0 Å². The fourth-order valence-corrected chi connectivity index (χ4v) is 1.55. The molecule has 4 N–H and O–H groups in total. The first-order valence-electron chi connectivity index (χ1n) is 6.78. The Hall–Kier alpha value is -0.280. The molecule has 4 atom stereocenters. The lowest BCUT2D eigenvalue weighted by Gasteiger charge is -1.95. The molecule has 19 heavy (non-hydrogen) atoms. The first-order valence-corrected chi connectivity index (χ1v) is 6.78. The normalized spacial score (nSPS) is 36.6. The average molecular weight is 276 g/mol. The summed E-state index contributed by atoms with van der Waals surface area (Å²) in [4.78, 5) is 0. The van der Waals surface area contributed by atoms with E-state index in [-0.39, 0.29) is 5.48 Å². The number of ether oxygens (including phenoxy) is 4. The van der Waals surface area contributed by atoms with Gasteiger partial charge in [-0.15, -0.1) is 0 Å². The molecule has 4 aliphatic rings. The molecule has 7 heteroatoms. The maximum Gasteiger partial charge on any atom is 0.0933 e. The van der Waals surface area contributed by atoms with Gasteiger partial charge in [-0.3, -0.25) is 0 Å². The van der Waals surface area contributed by atoms with Gasteiger partial charge in [0.15, 0.2) is 0 Å². The number of nitrogens with one attached hydrogen (secondary N) is 2. The van der Waals surface area contributed by atoms with Crippen molar-refractivity contribution in [2.45, 2.75) is 24.4 Å². The van der Waals surface area contributed by atoms with Gasteiger partial charge in [-0.25, -0.2) is 0 Å². The van der Waals surface area contributed by atoms with E-state index in [0.717, 1.165) is 52.6 Å². The fourth-order valence-electron chi connectivity index (χ4n) is 1.55. The van der Waals surface area contributed by atoms with Gasteiger partial charge < -0.3 is 35.1 Å². The van der Waals surface area contributed by atoms with Crippen molar-refractivity contribution in [1.29, 1.82) is 0 Å². The Morgan fingerprint density at radius 1 is 0.579 bits per heavy atom. The van der Waals surface area contributed by atoms with E-state index in [2.05, 4.69) is 10.6 Å². The number of hydrogen-bond acceptors (Lipinski definition) is 6. The molecule has 4 fully saturated rings. The van der Waals surface area contributed by atoms with E-state index >= 15 is 0 Å². The maximum atomic E-state index is 5.01. The Morgan fingerprint density at radius 2 is 0.789 bits per heavy atom. The van der Waals surface area contributed by atoms with Crippen molar-refractivity contribution >= 4 is 0 Å². The highest BCUT2D eigenvalue weighted by molar-refractivity contribution is 4.77. The predicted molar refractivity (Wildman–Crippen MR) is 68.3 cm³/mol. The number of epoxide rings is 4. The van der Waals surface area contributed by atoms with Crippen molar-refractivity contribution in [2.24, 2.45) is 0 Å². The third kappa shape index (κ3) is 7.78. The van der Waals surface area contributed by atoms with Gasteiger partial charge >= 0.3 is 0 Å². The highest BCUT2D eigenvalue weighted by Gasteiger charge is 2.26. The van der Waals surface area contributed by atoms with Crippen molar-refractivity contribution in [2.75, 3.05) is 52.6 Å². The second-order valence-corrected chi connectivity index (χ2v) is 5.14. The molecule has 0 bridgehead atoms. The van der Waals surface area contributed by atoms with Crippen molar-refractivity contribution in [1.82, 2.24) is 10.6 Å². The first-order chi connectivity index (χ1) is 8.90. The van der Waals surface area contributed by atoms with Crippen LogP contribution in [0.4, 0.5) is 0 Å². The van der Waals surface area contributed by atoms with E-state index in [0.29, 0.717) is 24.4 Å². The van der Waals surface area contributed by atoms with Crippen LogP contribution in [0.1, 0.15) is 0 Å². The maximum absolute atomic E-state index is 5.01. The van der Waals surface area contributed by atoms with Crippen LogP contribution in [0.3, 0.4) is 0 Å². The minimum atomic E-state index is 0. The van der Waals surface area contributed by atoms with Gasteiger partial charge in [0.05, 0.1) is 50.8 Å². The van der Waals surface area contributed by atoms with Crippen LogP contribution in [-0.4, -0.2) is 82.5 Å². The van der Waals surface area contributed by atoms with E-state index < -0.39 is 0 Å². The third-order valence-electron chi connectivity index (χ3n) is 3.10. The van der Waals surface area contributed by atoms with Crippen LogP contribution in [-0.2, 0) is 18.9 Å². The van der Waals surface area contributed by atoms with Crippen molar-refractivity contribution in [3.63, 3.8) is 0 Å². The lowest BCUT2D eigenvalue weighted by atomic mass is 10.4. The summed E-state index contributed by atoms with van der Waals surface area (Å²) in [5, 5.41) is 6.52. The van der Waals surface area contributed by atoms with E-state index in [9.17, 15) is 0 Å². The van der Waals surface area contributed by atoms with Crippen LogP contribution in [0.5, 0.6) is 0 Å². The van der Waals surface area contributed by atoms with Crippen molar-refractivity contribution in [3.05, 3.63) is 0 Å². The largest absolute Gasteiger partial charge is 0.412 e. The van der Waals surface area contributed by atoms with Gasteiger partial charge in [-0.05, 0) is 0 Å². The SMILES string of the molecule is C(NCC1CO1)C1CO1.C(NCC1CO1)C1CO1.O. The molecule has 0 aromatic rings. The summed E-state index contributed by atoms with van der Waals surface area (Å²) in [6, 6.07) is 0. The molecule has 0 spiro atoms. The summed E-state index contributed by atoms with van der Waals surface area (Å²) in [6.45, 7) is 7.77. The lowest BCUT2D eigenvalue weighted by molar-refractivity contribution is 0.373. The van der Waals surface area contributed by atoms with E-state index in [1.807, 2.05) is 0 Å². The second kappa shape index (κ2) is 7.49. The Bertz CT molecular complexity index is 203. The lowest BCUT2D eigenvalue weighted by Crippen LogP contribution is -2.24. The van der Waals surface area contributed by atoms with Gasteiger partial charge in [0, 0.05) is 26.2 Å². The molecule has 4 aliphatic heterocycles. The van der Waals surface area contributed by atoms with Crippen molar-refractivity contribution in [3.8, 4) is 0 Å². The molecule has 0 aromatic carbocycles. The molecular formula is C12H24N2O5. The molecule has 112 valence electrons. The molecule has 0 radical (unpaired) electrons. The minimum absolute atomic E-state index is 0. The summed E-state index contributed by atoms with van der Waals surface area (Å²) >= 11 is 0. The highest BCUT2D eigenvalue weighted by Crippen LogP contribution is 2.09. The Morgan fingerprint density at radius 3 is 0.947 bits per heavy atom. The van der Waals surface area contributed by atoms with E-state index in [1.54, 1.807) is 0 Å². The molecule has 0 aliphatic carbocycles. The smallest absolute Gasteiger partial charge is 0.0933 e. The molecule has 0 aromatic heterocycles. The minimum Gasteiger partial charge on any atom is -0.412 e. The highest BCUT2D eigenvalue weighted by atomic mass is 16.6. The van der Waals surface area contributed by atoms with Crippen LogP contribution >= 0.6 is 0 Å². The summed E-state index contributed by atoms with van der Waals surface area (Å²) in [5.41, 5.74) is 0. The number of hydrogen-bond donors (Lipinski definition) is 2. The second-order valence-electron chi connectivity index (χ2n) is 5.14. The van der Waals surface area contributed by atoms with Crippen LogP contribution in [0.2, 0.25) is 0 Å². The molecule has 4 saturated heterocycles. The Balaban J connectivity index is 0.000000133. The van der Waals surface area contributed by atoms with Gasteiger partial charge in [0.25, 0.3) is 0 Å². The summed E-state index contributed by atoms with van der Waals surface area (Å²) in [6.07, 6.45) is 2.01. The predicted octanol–water partition coefficient (Wildman–Crippen LogP) is -2.08. The van der Waals surface area contributed by atoms with Gasteiger partial charge in [-0.2, -0.15) is 0 Å². The molecule has 0 amide bonds. The third-order valence-corrected chi connectivity index (χ3v) is 3.10. The summed E-state index contributed by atoms with van der Waals surface area (Å²) in [7, 11) is 0. The van der Waals surface area contributed by atoms with Crippen LogP contribution in [0.15, 0.2) is 0 Å².